The van der Waals surface area contributed by atoms with E-state index in [1.807, 2.05) is 36.7 Å². The van der Waals surface area contributed by atoms with Gasteiger partial charge in [-0.3, -0.25) is 0 Å². The zero-order valence-electron chi connectivity index (χ0n) is 8.09. The van der Waals surface area contributed by atoms with Crippen molar-refractivity contribution in [3.63, 3.8) is 0 Å². The Morgan fingerprint density at radius 2 is 1.87 bits per heavy atom. The Balaban J connectivity index is 2.28. The second-order valence-electron chi connectivity index (χ2n) is 3.35. The number of aromatic nitrogens is 3. The summed E-state index contributed by atoms with van der Waals surface area (Å²) in [4.78, 5) is 7.39. The molecule has 0 saturated carbocycles. The van der Waals surface area contributed by atoms with Crippen LogP contribution in [0.5, 0.6) is 0 Å². The Hall–Kier alpha value is -2.16. The van der Waals surface area contributed by atoms with E-state index in [4.69, 9.17) is 0 Å². The fraction of sp³-hybridized carbons (Fsp3) is 0. The monoisotopic (exact) mass is 196 g/mol. The van der Waals surface area contributed by atoms with Crippen molar-refractivity contribution < 1.29 is 4.57 Å². The molecular weight excluding hydrogens is 186 g/mol. The molecule has 0 saturated heterocycles. The standard InChI is InChI=1S/C12H9N3/c1-2-5-10(6-3-1)15-9-14-12-11(15)7-4-8-13-12/h1-9H/p+1. The van der Waals surface area contributed by atoms with Crippen LogP contribution in [0.3, 0.4) is 0 Å². The Morgan fingerprint density at radius 3 is 2.73 bits per heavy atom. The smallest absolute Gasteiger partial charge is 0.227 e. The lowest BCUT2D eigenvalue weighted by Crippen LogP contribution is -2.28. The van der Waals surface area contributed by atoms with E-state index in [1.165, 1.54) is 0 Å². The molecule has 0 aliphatic carbocycles. The third kappa shape index (κ3) is 1.29. The van der Waals surface area contributed by atoms with Gasteiger partial charge >= 0.3 is 0 Å². The zero-order chi connectivity index (χ0) is 10.1. The summed E-state index contributed by atoms with van der Waals surface area (Å²) in [5.74, 6) is 0. The molecule has 0 aliphatic heterocycles. The Bertz CT molecular complexity index is 584. The summed E-state index contributed by atoms with van der Waals surface area (Å²) >= 11 is 0. The molecule has 3 rings (SSSR count). The van der Waals surface area contributed by atoms with Crippen LogP contribution in [0.15, 0.2) is 55.0 Å². The maximum atomic E-state index is 4.25. The SMILES string of the molecule is c1ccc(-[n+]2c[nH]c3ncccc32)cc1. The minimum atomic E-state index is 0.904. The fourth-order valence-corrected chi connectivity index (χ4v) is 1.70. The number of benzene rings is 1. The number of pyridine rings is 1. The molecule has 3 nitrogen and oxygen atoms in total. The molecule has 2 aromatic heterocycles. The van der Waals surface area contributed by atoms with Gasteiger partial charge < -0.3 is 0 Å². The molecule has 0 unspecified atom stereocenters. The molecule has 15 heavy (non-hydrogen) atoms. The first-order valence-electron chi connectivity index (χ1n) is 4.84. The van der Waals surface area contributed by atoms with Crippen LogP contribution in [0.2, 0.25) is 0 Å². The van der Waals surface area contributed by atoms with Crippen molar-refractivity contribution in [2.24, 2.45) is 0 Å². The Kier molecular flexibility index (Phi) is 1.75. The van der Waals surface area contributed by atoms with Crippen LogP contribution in [0.4, 0.5) is 0 Å². The predicted octanol–water partition coefficient (Wildman–Crippen LogP) is 1.84. The van der Waals surface area contributed by atoms with Gasteiger partial charge in [-0.15, -0.1) is 0 Å². The van der Waals surface area contributed by atoms with Crippen molar-refractivity contribution in [3.05, 3.63) is 55.0 Å². The lowest BCUT2D eigenvalue weighted by molar-refractivity contribution is -0.567. The second kappa shape index (κ2) is 3.20. The number of hydrogen-bond acceptors (Lipinski definition) is 1. The van der Waals surface area contributed by atoms with E-state index in [9.17, 15) is 0 Å². The number of H-pyrrole nitrogens is 1. The molecule has 0 bridgehead atoms. The van der Waals surface area contributed by atoms with Gasteiger partial charge in [-0.1, -0.05) is 18.2 Å². The average molecular weight is 196 g/mol. The highest BCUT2D eigenvalue weighted by molar-refractivity contribution is 5.65. The van der Waals surface area contributed by atoms with Gasteiger partial charge in [0.1, 0.15) is 5.69 Å². The predicted molar refractivity (Wildman–Crippen MR) is 57.6 cm³/mol. The summed E-state index contributed by atoms with van der Waals surface area (Å²) in [6.45, 7) is 0. The number of para-hydroxylation sites is 1. The fourth-order valence-electron chi connectivity index (χ4n) is 1.70. The van der Waals surface area contributed by atoms with Crippen molar-refractivity contribution in [3.8, 4) is 5.69 Å². The molecule has 3 aromatic rings. The van der Waals surface area contributed by atoms with Crippen molar-refractivity contribution in [2.45, 2.75) is 0 Å². The number of hydrogen-bond donors (Lipinski definition) is 1. The van der Waals surface area contributed by atoms with E-state index in [0.717, 1.165) is 16.9 Å². The van der Waals surface area contributed by atoms with Gasteiger partial charge in [0.15, 0.2) is 5.52 Å². The largest absolute Gasteiger partial charge is 0.266 e. The molecular formula is C12H10N3+. The molecule has 0 atom stereocenters. The van der Waals surface area contributed by atoms with Crippen LogP contribution in [-0.4, -0.2) is 9.97 Å². The first-order chi connectivity index (χ1) is 7.45. The number of nitrogens with one attached hydrogen (secondary N) is 1. The van der Waals surface area contributed by atoms with Crippen LogP contribution in [0, 0.1) is 0 Å². The van der Waals surface area contributed by atoms with Crippen LogP contribution in [-0.2, 0) is 0 Å². The lowest BCUT2D eigenvalue weighted by atomic mass is 10.3. The molecule has 0 spiro atoms. The Morgan fingerprint density at radius 1 is 1.00 bits per heavy atom. The molecule has 1 N–H and O–H groups in total. The van der Waals surface area contributed by atoms with E-state index in [0.29, 0.717) is 0 Å². The normalized spacial score (nSPS) is 10.7. The zero-order valence-corrected chi connectivity index (χ0v) is 8.09. The highest BCUT2D eigenvalue weighted by atomic mass is 15.1. The quantitative estimate of drug-likeness (QED) is 0.592. The highest BCUT2D eigenvalue weighted by Gasteiger charge is 2.10. The van der Waals surface area contributed by atoms with Crippen molar-refractivity contribution in [1.29, 1.82) is 0 Å². The summed E-state index contributed by atoms with van der Waals surface area (Å²) in [5.41, 5.74) is 3.13. The number of fused-ring (bicyclic) bond motifs is 1. The van der Waals surface area contributed by atoms with Crippen LogP contribution < -0.4 is 4.57 Å². The van der Waals surface area contributed by atoms with Gasteiger partial charge in [0.2, 0.25) is 6.33 Å². The number of aromatic amines is 1. The third-order valence-corrected chi connectivity index (χ3v) is 2.41. The number of rotatable bonds is 1. The first kappa shape index (κ1) is 8.17. The maximum Gasteiger partial charge on any atom is 0.266 e. The summed E-state index contributed by atoms with van der Waals surface area (Å²) in [6, 6.07) is 14.2. The van der Waals surface area contributed by atoms with Crippen molar-refractivity contribution in [1.82, 2.24) is 9.97 Å². The van der Waals surface area contributed by atoms with E-state index in [1.54, 1.807) is 6.20 Å². The summed E-state index contributed by atoms with van der Waals surface area (Å²) in [5, 5.41) is 0. The minimum absolute atomic E-state index is 0.904. The summed E-state index contributed by atoms with van der Waals surface area (Å²) in [7, 11) is 0. The van der Waals surface area contributed by atoms with Crippen molar-refractivity contribution in [2.75, 3.05) is 0 Å². The van der Waals surface area contributed by atoms with Gasteiger partial charge in [0.25, 0.3) is 5.65 Å². The highest BCUT2D eigenvalue weighted by Crippen LogP contribution is 2.06. The first-order valence-corrected chi connectivity index (χ1v) is 4.84. The van der Waals surface area contributed by atoms with E-state index in [2.05, 4.69) is 26.7 Å². The van der Waals surface area contributed by atoms with Crippen LogP contribution >= 0.6 is 0 Å². The summed E-state index contributed by atoms with van der Waals surface area (Å²) in [6.07, 6.45) is 3.71. The van der Waals surface area contributed by atoms with E-state index >= 15 is 0 Å². The summed E-state index contributed by atoms with van der Waals surface area (Å²) < 4.78 is 2.09. The molecule has 0 radical (unpaired) electrons. The lowest BCUT2D eigenvalue weighted by Gasteiger charge is -1.94. The van der Waals surface area contributed by atoms with Gasteiger partial charge in [-0.25, -0.2) is 9.97 Å². The number of nitrogens with zero attached hydrogens (tertiary/aromatic N) is 2. The molecule has 0 aliphatic rings. The van der Waals surface area contributed by atoms with Gasteiger partial charge in [-0.2, -0.15) is 4.57 Å². The van der Waals surface area contributed by atoms with Crippen LogP contribution in [0.25, 0.3) is 16.9 Å². The molecule has 2 heterocycles. The number of imidazole rings is 1. The molecule has 1 aromatic carbocycles. The minimum Gasteiger partial charge on any atom is -0.227 e. The molecule has 0 fully saturated rings. The van der Waals surface area contributed by atoms with Gasteiger partial charge in [0, 0.05) is 6.20 Å². The van der Waals surface area contributed by atoms with E-state index in [-0.39, 0.29) is 0 Å². The van der Waals surface area contributed by atoms with E-state index < -0.39 is 0 Å². The second-order valence-corrected chi connectivity index (χ2v) is 3.35. The van der Waals surface area contributed by atoms with Gasteiger partial charge in [0.05, 0.1) is 0 Å². The molecule has 72 valence electrons. The Labute approximate surface area is 87.0 Å². The topological polar surface area (TPSA) is 32.6 Å². The molecule has 0 amide bonds. The van der Waals surface area contributed by atoms with Crippen molar-refractivity contribution >= 4 is 11.2 Å². The average Bonchev–Trinajstić information content (AvgIpc) is 2.74. The van der Waals surface area contributed by atoms with Gasteiger partial charge in [-0.05, 0) is 24.3 Å². The van der Waals surface area contributed by atoms with Crippen LogP contribution in [0.1, 0.15) is 0 Å². The maximum absolute atomic E-state index is 4.25. The molecule has 3 heteroatoms. The third-order valence-electron chi connectivity index (χ3n) is 2.41.